The summed E-state index contributed by atoms with van der Waals surface area (Å²) in [4.78, 5) is 0. The Morgan fingerprint density at radius 2 is 1.44 bits per heavy atom. The molecule has 156 valence electrons. The number of fused-ring (bicyclic) bond motifs is 5. The van der Waals surface area contributed by atoms with Gasteiger partial charge in [-0.2, -0.15) is 0 Å². The van der Waals surface area contributed by atoms with Gasteiger partial charge in [-0.05, 0) is 109 Å². The monoisotopic (exact) mass is 540 g/mol. The van der Waals surface area contributed by atoms with E-state index in [4.69, 9.17) is 0 Å². The van der Waals surface area contributed by atoms with Crippen molar-refractivity contribution in [2.75, 3.05) is 0 Å². The topological polar surface area (TPSA) is 0 Å². The minimum absolute atomic E-state index is 1.08. The van der Waals surface area contributed by atoms with Crippen molar-refractivity contribution in [2.24, 2.45) is 0 Å². The zero-order chi connectivity index (χ0) is 21.7. The molecule has 6 rings (SSSR count). The lowest BCUT2D eigenvalue weighted by Gasteiger charge is -2.23. The molecule has 0 amide bonds. The van der Waals surface area contributed by atoms with Crippen LogP contribution >= 0.6 is 31.9 Å². The Bertz CT molecular complexity index is 1470. The number of halogens is 2. The molecule has 0 fully saturated rings. The lowest BCUT2D eigenvalue weighted by molar-refractivity contribution is 0.991. The molecule has 0 saturated heterocycles. The number of hydrogen-bond acceptors (Lipinski definition) is 0. The summed E-state index contributed by atoms with van der Waals surface area (Å²) in [6.07, 6.45) is 13.6. The molecule has 0 nitrogen and oxygen atoms in total. The standard InChI is InChI=1S/C30H22Br2/c31-21-13-9-19(10-14-21)27-17-30-26-8-4-2-6-24(26)28(20-11-15-22(32)16-12-20)18-29(30)25-7-3-1-5-23(25)27/h1-3,5-7,9-11,13-15,17-18H,4,8,12,16H2. The van der Waals surface area contributed by atoms with Crippen molar-refractivity contribution in [3.8, 4) is 11.1 Å². The first-order valence-electron chi connectivity index (χ1n) is 11.2. The Kier molecular flexibility index (Phi) is 5.16. The first kappa shape index (κ1) is 20.2. The van der Waals surface area contributed by atoms with Crippen LogP contribution in [0.3, 0.4) is 0 Å². The largest absolute Gasteiger partial charge is 0.0836 e. The highest BCUT2D eigenvalue weighted by molar-refractivity contribution is 9.11. The normalized spacial score (nSPS) is 15.6. The Balaban J connectivity index is 1.71. The van der Waals surface area contributed by atoms with Gasteiger partial charge in [-0.1, -0.05) is 92.6 Å². The van der Waals surface area contributed by atoms with E-state index >= 15 is 0 Å². The van der Waals surface area contributed by atoms with Gasteiger partial charge in [-0.3, -0.25) is 0 Å². The van der Waals surface area contributed by atoms with Crippen LogP contribution in [0.25, 0.3) is 44.3 Å². The average molecular weight is 542 g/mol. The third kappa shape index (κ3) is 3.41. The van der Waals surface area contributed by atoms with E-state index in [-0.39, 0.29) is 0 Å². The summed E-state index contributed by atoms with van der Waals surface area (Å²) in [6.45, 7) is 0. The van der Waals surface area contributed by atoms with Gasteiger partial charge in [-0.15, -0.1) is 0 Å². The van der Waals surface area contributed by atoms with Gasteiger partial charge in [0.25, 0.3) is 0 Å². The molecule has 0 bridgehead atoms. The molecule has 0 aliphatic heterocycles. The molecule has 0 heterocycles. The fourth-order valence-corrected chi connectivity index (χ4v) is 5.79. The smallest absolute Gasteiger partial charge is 0.0175 e. The van der Waals surface area contributed by atoms with Gasteiger partial charge < -0.3 is 0 Å². The third-order valence-electron chi connectivity index (χ3n) is 6.76. The van der Waals surface area contributed by atoms with Crippen molar-refractivity contribution in [1.82, 2.24) is 0 Å². The zero-order valence-electron chi connectivity index (χ0n) is 17.7. The molecule has 2 aliphatic rings. The predicted octanol–water partition coefficient (Wildman–Crippen LogP) is 9.84. The Hall–Kier alpha value is -2.42. The second-order valence-corrected chi connectivity index (χ2v) is 10.6. The molecule has 2 aliphatic carbocycles. The number of hydrogen-bond donors (Lipinski definition) is 0. The minimum Gasteiger partial charge on any atom is -0.0836 e. The van der Waals surface area contributed by atoms with E-state index in [9.17, 15) is 0 Å². The average Bonchev–Trinajstić information content (AvgIpc) is 2.84. The third-order valence-corrected chi connectivity index (χ3v) is 7.95. The first-order chi connectivity index (χ1) is 15.7. The predicted molar refractivity (Wildman–Crippen MR) is 146 cm³/mol. The van der Waals surface area contributed by atoms with Crippen LogP contribution in [0.5, 0.6) is 0 Å². The summed E-state index contributed by atoms with van der Waals surface area (Å²) in [5.41, 5.74) is 8.34. The maximum atomic E-state index is 3.67. The maximum Gasteiger partial charge on any atom is 0.0175 e. The second-order valence-electron chi connectivity index (χ2n) is 8.63. The van der Waals surface area contributed by atoms with Crippen molar-refractivity contribution >= 4 is 65.1 Å². The fraction of sp³-hybridized carbons (Fsp3) is 0.133. The van der Waals surface area contributed by atoms with Crippen LogP contribution in [0.15, 0.2) is 87.8 Å². The lowest BCUT2D eigenvalue weighted by Crippen LogP contribution is -2.03. The Morgan fingerprint density at radius 1 is 0.656 bits per heavy atom. The SMILES string of the molecule is BrC1=CC=C(c2cc3c(cc(-c4ccc(Br)cc4)c4ccccc43)c3c2C=CCC3)CC1. The summed E-state index contributed by atoms with van der Waals surface area (Å²) < 4.78 is 2.40. The van der Waals surface area contributed by atoms with Crippen LogP contribution in [0.2, 0.25) is 0 Å². The molecule has 0 radical (unpaired) electrons. The quantitative estimate of drug-likeness (QED) is 0.221. The molecular formula is C30H22Br2. The maximum absolute atomic E-state index is 3.67. The molecule has 0 aromatic heterocycles. The summed E-state index contributed by atoms with van der Waals surface area (Å²) in [5, 5.41) is 5.44. The minimum atomic E-state index is 1.08. The molecule has 4 aromatic rings. The highest BCUT2D eigenvalue weighted by atomic mass is 79.9. The van der Waals surface area contributed by atoms with Gasteiger partial charge >= 0.3 is 0 Å². The Morgan fingerprint density at radius 3 is 2.22 bits per heavy atom. The number of benzene rings is 4. The molecule has 0 N–H and O–H groups in total. The van der Waals surface area contributed by atoms with Gasteiger partial charge in [-0.25, -0.2) is 0 Å². The van der Waals surface area contributed by atoms with Crippen LogP contribution in [0.1, 0.15) is 36.0 Å². The molecular weight excluding hydrogens is 520 g/mol. The first-order valence-corrected chi connectivity index (χ1v) is 12.8. The fourth-order valence-electron chi connectivity index (χ4n) is 5.19. The molecule has 4 aromatic carbocycles. The zero-order valence-corrected chi connectivity index (χ0v) is 20.8. The van der Waals surface area contributed by atoms with Crippen molar-refractivity contribution in [1.29, 1.82) is 0 Å². The Labute approximate surface area is 205 Å². The second kappa shape index (κ2) is 8.17. The summed E-state index contributed by atoms with van der Waals surface area (Å²) >= 11 is 7.26. The highest BCUT2D eigenvalue weighted by Crippen LogP contribution is 2.43. The van der Waals surface area contributed by atoms with E-state index in [1.165, 1.54) is 59.4 Å². The van der Waals surface area contributed by atoms with Gasteiger partial charge in [0.15, 0.2) is 0 Å². The summed E-state index contributed by atoms with van der Waals surface area (Å²) in [6, 6.07) is 22.5. The van der Waals surface area contributed by atoms with Crippen molar-refractivity contribution in [3.05, 3.63) is 105 Å². The molecule has 0 spiro atoms. The van der Waals surface area contributed by atoms with Crippen LogP contribution in [-0.2, 0) is 6.42 Å². The number of aryl methyl sites for hydroxylation is 1. The summed E-state index contributed by atoms with van der Waals surface area (Å²) in [5.74, 6) is 0. The molecule has 0 unspecified atom stereocenters. The highest BCUT2D eigenvalue weighted by Gasteiger charge is 2.20. The van der Waals surface area contributed by atoms with Gasteiger partial charge in [0.2, 0.25) is 0 Å². The van der Waals surface area contributed by atoms with Crippen LogP contribution in [0, 0.1) is 0 Å². The van der Waals surface area contributed by atoms with E-state index in [0.29, 0.717) is 0 Å². The van der Waals surface area contributed by atoms with Crippen molar-refractivity contribution in [2.45, 2.75) is 25.7 Å². The van der Waals surface area contributed by atoms with Gasteiger partial charge in [0.05, 0.1) is 0 Å². The number of rotatable bonds is 2. The summed E-state index contributed by atoms with van der Waals surface area (Å²) in [7, 11) is 0. The van der Waals surface area contributed by atoms with E-state index in [1.54, 1.807) is 0 Å². The van der Waals surface area contributed by atoms with E-state index < -0.39 is 0 Å². The van der Waals surface area contributed by atoms with Crippen LogP contribution < -0.4 is 0 Å². The molecule has 2 heteroatoms. The van der Waals surface area contributed by atoms with E-state index in [2.05, 4.69) is 117 Å². The molecule has 0 saturated carbocycles. The lowest BCUT2D eigenvalue weighted by atomic mass is 9.81. The molecule has 0 atom stereocenters. The van der Waals surface area contributed by atoms with E-state index in [1.807, 2.05) is 0 Å². The van der Waals surface area contributed by atoms with Crippen molar-refractivity contribution < 1.29 is 0 Å². The van der Waals surface area contributed by atoms with Crippen LogP contribution in [-0.4, -0.2) is 0 Å². The van der Waals surface area contributed by atoms with Crippen molar-refractivity contribution in [3.63, 3.8) is 0 Å². The van der Waals surface area contributed by atoms with Crippen LogP contribution in [0.4, 0.5) is 0 Å². The molecule has 32 heavy (non-hydrogen) atoms. The van der Waals surface area contributed by atoms with E-state index in [0.717, 1.165) is 30.2 Å². The number of allylic oxidation sites excluding steroid dienone is 5. The van der Waals surface area contributed by atoms with Gasteiger partial charge in [0.1, 0.15) is 0 Å². The van der Waals surface area contributed by atoms with Gasteiger partial charge in [0, 0.05) is 4.47 Å².